The van der Waals surface area contributed by atoms with Crippen LogP contribution in [-0.4, -0.2) is 46.0 Å². The van der Waals surface area contributed by atoms with Crippen LogP contribution in [0.2, 0.25) is 0 Å². The molecule has 0 aliphatic carbocycles. The molecular formula is C19H23N5O3. The Morgan fingerprint density at radius 2 is 2.22 bits per heavy atom. The van der Waals surface area contributed by atoms with Crippen LogP contribution >= 0.6 is 0 Å². The lowest BCUT2D eigenvalue weighted by molar-refractivity contribution is 0.0680. The van der Waals surface area contributed by atoms with Gasteiger partial charge in [0.05, 0.1) is 24.1 Å². The van der Waals surface area contributed by atoms with Gasteiger partial charge in [-0.2, -0.15) is 5.10 Å². The number of anilines is 1. The number of hydrogen-bond acceptors (Lipinski definition) is 6. The van der Waals surface area contributed by atoms with Crippen LogP contribution in [-0.2, 0) is 18.3 Å². The number of benzene rings is 1. The van der Waals surface area contributed by atoms with Crippen LogP contribution in [0.4, 0.5) is 5.88 Å². The minimum Gasteiger partial charge on any atom is -0.383 e. The third-order valence-corrected chi connectivity index (χ3v) is 4.27. The van der Waals surface area contributed by atoms with Gasteiger partial charge in [0.1, 0.15) is 0 Å². The predicted molar refractivity (Wildman–Crippen MR) is 101 cm³/mol. The Morgan fingerprint density at radius 3 is 2.85 bits per heavy atom. The molecule has 8 heteroatoms. The molecule has 3 rings (SSSR count). The molecule has 0 saturated carbocycles. The molecule has 0 aliphatic rings. The first kappa shape index (κ1) is 18.7. The fraction of sp³-hybridized carbons (Fsp3) is 0.316. The molecule has 27 heavy (non-hydrogen) atoms. The Bertz CT molecular complexity index is 912. The van der Waals surface area contributed by atoms with Gasteiger partial charge in [-0.25, -0.2) is 0 Å². The first-order valence-corrected chi connectivity index (χ1v) is 8.57. The summed E-state index contributed by atoms with van der Waals surface area (Å²) in [7, 11) is 3.46. The third kappa shape index (κ3) is 4.17. The monoisotopic (exact) mass is 369 g/mol. The summed E-state index contributed by atoms with van der Waals surface area (Å²) < 4.78 is 11.9. The van der Waals surface area contributed by atoms with Crippen molar-refractivity contribution in [3.05, 3.63) is 53.5 Å². The van der Waals surface area contributed by atoms with Gasteiger partial charge in [0.25, 0.3) is 5.91 Å². The van der Waals surface area contributed by atoms with E-state index in [0.717, 1.165) is 11.1 Å². The summed E-state index contributed by atoms with van der Waals surface area (Å²) in [6.07, 6.45) is 3.65. The fourth-order valence-electron chi connectivity index (χ4n) is 2.96. The molecule has 0 spiro atoms. The van der Waals surface area contributed by atoms with Crippen LogP contribution in [0.15, 0.2) is 41.2 Å². The minimum absolute atomic E-state index is 0.0922. The molecule has 1 amide bonds. The summed E-state index contributed by atoms with van der Waals surface area (Å²) in [5.74, 6) is 0.147. The van der Waals surface area contributed by atoms with Crippen molar-refractivity contribution in [3.8, 4) is 11.1 Å². The van der Waals surface area contributed by atoms with E-state index in [1.807, 2.05) is 32.3 Å². The Labute approximate surface area is 157 Å². The van der Waals surface area contributed by atoms with Crippen LogP contribution in [0, 0.1) is 6.92 Å². The number of amides is 1. The number of carbonyl (C=O) groups is 1. The molecule has 8 nitrogen and oxygen atoms in total. The van der Waals surface area contributed by atoms with Crippen molar-refractivity contribution in [1.29, 1.82) is 0 Å². The number of aryl methyl sites for hydroxylation is 2. The van der Waals surface area contributed by atoms with Gasteiger partial charge in [-0.3, -0.25) is 9.48 Å². The SMILES string of the molecule is COCCN(Cc1cnn(C)c1)C(=O)c1cccc(-c2c(C)noc2N)c1. The quantitative estimate of drug-likeness (QED) is 0.686. The number of hydrogen-bond donors (Lipinski definition) is 1. The molecule has 3 aromatic rings. The molecule has 2 heterocycles. The largest absolute Gasteiger partial charge is 0.383 e. The van der Waals surface area contributed by atoms with Crippen LogP contribution < -0.4 is 5.73 Å². The predicted octanol–water partition coefficient (Wildman–Crippen LogP) is 2.25. The number of methoxy groups -OCH3 is 1. The summed E-state index contributed by atoms with van der Waals surface area (Å²) in [4.78, 5) is 14.9. The Balaban J connectivity index is 1.88. The second-order valence-corrected chi connectivity index (χ2v) is 6.33. The van der Waals surface area contributed by atoms with E-state index in [1.165, 1.54) is 0 Å². The summed E-state index contributed by atoms with van der Waals surface area (Å²) in [6.45, 7) is 3.19. The van der Waals surface area contributed by atoms with Gasteiger partial charge < -0.3 is 19.9 Å². The van der Waals surface area contributed by atoms with Gasteiger partial charge in [0, 0.05) is 44.6 Å². The maximum atomic E-state index is 13.1. The molecule has 0 unspecified atom stereocenters. The number of ether oxygens (including phenoxy) is 1. The standard InChI is InChI=1S/C19H23N5O3/c1-13-17(18(20)27-22-13)15-5-4-6-16(9-15)19(25)24(7-8-26-3)12-14-10-21-23(2)11-14/h4-6,9-11H,7-8,12,20H2,1-3H3. The lowest BCUT2D eigenvalue weighted by Gasteiger charge is -2.22. The number of carbonyl (C=O) groups excluding carboxylic acids is 1. The van der Waals surface area contributed by atoms with Crippen molar-refractivity contribution in [2.24, 2.45) is 7.05 Å². The first-order chi connectivity index (χ1) is 13.0. The van der Waals surface area contributed by atoms with Gasteiger partial charge >= 0.3 is 0 Å². The molecule has 2 aromatic heterocycles. The summed E-state index contributed by atoms with van der Waals surface area (Å²) in [5.41, 5.74) is 9.59. The van der Waals surface area contributed by atoms with E-state index in [1.54, 1.807) is 35.0 Å². The lowest BCUT2D eigenvalue weighted by atomic mass is 10.0. The van der Waals surface area contributed by atoms with Gasteiger partial charge in [-0.1, -0.05) is 17.3 Å². The second kappa shape index (κ2) is 8.05. The van der Waals surface area contributed by atoms with Gasteiger partial charge in [0.2, 0.25) is 5.88 Å². The Kier molecular flexibility index (Phi) is 5.56. The number of nitrogens with zero attached hydrogens (tertiary/aromatic N) is 4. The number of nitrogen functional groups attached to an aromatic ring is 1. The van der Waals surface area contributed by atoms with Crippen molar-refractivity contribution >= 4 is 11.8 Å². The minimum atomic E-state index is -0.0922. The number of rotatable bonds is 7. The molecule has 2 N–H and O–H groups in total. The lowest BCUT2D eigenvalue weighted by Crippen LogP contribution is -2.33. The Hall–Kier alpha value is -3.13. The topological polar surface area (TPSA) is 99.4 Å². The highest BCUT2D eigenvalue weighted by Crippen LogP contribution is 2.30. The van der Waals surface area contributed by atoms with Crippen LogP contribution in [0.1, 0.15) is 21.6 Å². The van der Waals surface area contributed by atoms with Crippen molar-refractivity contribution in [1.82, 2.24) is 19.8 Å². The first-order valence-electron chi connectivity index (χ1n) is 8.57. The van der Waals surface area contributed by atoms with Gasteiger partial charge in [0.15, 0.2) is 0 Å². The van der Waals surface area contributed by atoms with Crippen molar-refractivity contribution < 1.29 is 14.1 Å². The molecule has 0 saturated heterocycles. The van der Waals surface area contributed by atoms with Crippen molar-refractivity contribution in [2.45, 2.75) is 13.5 Å². The zero-order valence-corrected chi connectivity index (χ0v) is 15.7. The van der Waals surface area contributed by atoms with E-state index in [4.69, 9.17) is 15.0 Å². The van der Waals surface area contributed by atoms with Gasteiger partial charge in [-0.05, 0) is 24.6 Å². The molecular weight excluding hydrogens is 346 g/mol. The highest BCUT2D eigenvalue weighted by atomic mass is 16.5. The van der Waals surface area contributed by atoms with E-state index in [9.17, 15) is 4.79 Å². The molecule has 142 valence electrons. The zero-order chi connectivity index (χ0) is 19.4. The van der Waals surface area contributed by atoms with E-state index in [0.29, 0.717) is 36.5 Å². The van der Waals surface area contributed by atoms with E-state index in [2.05, 4.69) is 10.3 Å². The van der Waals surface area contributed by atoms with E-state index < -0.39 is 0 Å². The average Bonchev–Trinajstić information content (AvgIpc) is 3.22. The summed E-state index contributed by atoms with van der Waals surface area (Å²) in [5, 5.41) is 8.05. The van der Waals surface area contributed by atoms with Crippen LogP contribution in [0.25, 0.3) is 11.1 Å². The molecule has 1 aromatic carbocycles. The van der Waals surface area contributed by atoms with Crippen LogP contribution in [0.5, 0.6) is 0 Å². The van der Waals surface area contributed by atoms with Crippen molar-refractivity contribution in [2.75, 3.05) is 26.0 Å². The third-order valence-electron chi connectivity index (χ3n) is 4.27. The van der Waals surface area contributed by atoms with Crippen molar-refractivity contribution in [3.63, 3.8) is 0 Å². The second-order valence-electron chi connectivity index (χ2n) is 6.33. The number of aromatic nitrogens is 3. The Morgan fingerprint density at radius 1 is 1.41 bits per heavy atom. The summed E-state index contributed by atoms with van der Waals surface area (Å²) in [6, 6.07) is 7.30. The maximum Gasteiger partial charge on any atom is 0.254 e. The molecule has 0 atom stereocenters. The van der Waals surface area contributed by atoms with Gasteiger partial charge in [-0.15, -0.1) is 0 Å². The molecule has 0 fully saturated rings. The summed E-state index contributed by atoms with van der Waals surface area (Å²) >= 11 is 0. The smallest absolute Gasteiger partial charge is 0.254 e. The maximum absolute atomic E-state index is 13.1. The van der Waals surface area contributed by atoms with E-state index in [-0.39, 0.29) is 11.8 Å². The highest BCUT2D eigenvalue weighted by Gasteiger charge is 2.19. The normalized spacial score (nSPS) is 10.9. The molecule has 0 radical (unpaired) electrons. The number of nitrogens with two attached hydrogens (primary N) is 1. The highest BCUT2D eigenvalue weighted by molar-refractivity contribution is 5.96. The van der Waals surface area contributed by atoms with E-state index >= 15 is 0 Å². The van der Waals surface area contributed by atoms with Crippen LogP contribution in [0.3, 0.4) is 0 Å². The average molecular weight is 369 g/mol. The molecule has 0 aliphatic heterocycles. The zero-order valence-electron chi connectivity index (χ0n) is 15.7. The molecule has 0 bridgehead atoms. The fourth-order valence-corrected chi connectivity index (χ4v) is 2.96.